The fraction of sp³-hybridized carbons (Fsp3) is 0.462. The van der Waals surface area contributed by atoms with E-state index < -0.39 is 11.7 Å². The van der Waals surface area contributed by atoms with Crippen LogP contribution in [-0.2, 0) is 17.8 Å². The normalized spacial score (nSPS) is 14.2. The zero-order valence-electron chi connectivity index (χ0n) is 10.8. The molecule has 0 atom stereocenters. The smallest absolute Gasteiger partial charge is 0.412 e. The second kappa shape index (κ2) is 4.90. The van der Waals surface area contributed by atoms with Crippen molar-refractivity contribution in [1.82, 2.24) is 5.32 Å². The number of hydrogen-bond donors (Lipinski definition) is 2. The van der Waals surface area contributed by atoms with Crippen molar-refractivity contribution < 1.29 is 9.53 Å². The van der Waals surface area contributed by atoms with Gasteiger partial charge in [0.1, 0.15) is 5.60 Å². The molecule has 4 nitrogen and oxygen atoms in total. The molecule has 0 aromatic heterocycles. The van der Waals surface area contributed by atoms with Gasteiger partial charge in [-0.25, -0.2) is 4.79 Å². The van der Waals surface area contributed by atoms with Crippen LogP contribution in [0.15, 0.2) is 16.6 Å². The molecule has 1 amide bonds. The molecular weight excluding hydrogens is 296 g/mol. The van der Waals surface area contributed by atoms with E-state index in [0.717, 1.165) is 28.8 Å². The first-order chi connectivity index (χ1) is 8.37. The first-order valence-electron chi connectivity index (χ1n) is 5.88. The van der Waals surface area contributed by atoms with Crippen LogP contribution in [0.2, 0.25) is 0 Å². The van der Waals surface area contributed by atoms with Crippen molar-refractivity contribution in [2.45, 2.75) is 39.5 Å². The minimum atomic E-state index is -0.485. The van der Waals surface area contributed by atoms with Crippen molar-refractivity contribution in [1.29, 1.82) is 0 Å². The molecule has 1 aromatic carbocycles. The third-order valence-corrected chi connectivity index (χ3v) is 3.36. The molecule has 0 spiro atoms. The lowest BCUT2D eigenvalue weighted by Gasteiger charge is -2.20. The predicted molar refractivity (Wildman–Crippen MR) is 74.5 cm³/mol. The Morgan fingerprint density at radius 3 is 2.67 bits per heavy atom. The highest BCUT2D eigenvalue weighted by Gasteiger charge is 2.21. The summed E-state index contributed by atoms with van der Waals surface area (Å²) in [6, 6.07) is 3.83. The van der Waals surface area contributed by atoms with E-state index >= 15 is 0 Å². The summed E-state index contributed by atoms with van der Waals surface area (Å²) in [5.41, 5.74) is 2.65. The third-order valence-electron chi connectivity index (χ3n) is 2.61. The first kappa shape index (κ1) is 13.4. The summed E-state index contributed by atoms with van der Waals surface area (Å²) in [5, 5.41) is 6.07. The number of amides is 1. The number of ether oxygens (including phenoxy) is 1. The molecule has 18 heavy (non-hydrogen) atoms. The Balaban J connectivity index is 2.16. The molecule has 98 valence electrons. The van der Waals surface area contributed by atoms with Gasteiger partial charge >= 0.3 is 6.09 Å². The van der Waals surface area contributed by atoms with Crippen LogP contribution >= 0.6 is 15.9 Å². The number of hydrogen-bond acceptors (Lipinski definition) is 3. The van der Waals surface area contributed by atoms with Crippen molar-refractivity contribution in [3.8, 4) is 0 Å². The van der Waals surface area contributed by atoms with Gasteiger partial charge in [-0.1, -0.05) is 15.9 Å². The lowest BCUT2D eigenvalue weighted by molar-refractivity contribution is 0.0636. The molecule has 2 N–H and O–H groups in total. The van der Waals surface area contributed by atoms with E-state index in [4.69, 9.17) is 4.74 Å². The number of benzene rings is 1. The van der Waals surface area contributed by atoms with Crippen LogP contribution in [0.4, 0.5) is 10.5 Å². The van der Waals surface area contributed by atoms with Crippen molar-refractivity contribution in [3.63, 3.8) is 0 Å². The topological polar surface area (TPSA) is 50.4 Å². The minimum Gasteiger partial charge on any atom is -0.444 e. The van der Waals surface area contributed by atoms with Gasteiger partial charge in [0.2, 0.25) is 0 Å². The van der Waals surface area contributed by atoms with Gasteiger partial charge in [0.25, 0.3) is 0 Å². The van der Waals surface area contributed by atoms with E-state index in [-0.39, 0.29) is 0 Å². The summed E-state index contributed by atoms with van der Waals surface area (Å²) in [6.45, 7) is 7.13. The molecule has 0 fully saturated rings. The molecule has 1 aliphatic heterocycles. The largest absolute Gasteiger partial charge is 0.444 e. The molecule has 0 radical (unpaired) electrons. The van der Waals surface area contributed by atoms with Gasteiger partial charge in [-0.2, -0.15) is 0 Å². The average Bonchev–Trinajstić information content (AvgIpc) is 2.69. The van der Waals surface area contributed by atoms with Crippen molar-refractivity contribution >= 4 is 27.7 Å². The van der Waals surface area contributed by atoms with Crippen LogP contribution in [0.25, 0.3) is 0 Å². The Hall–Kier alpha value is -1.07. The van der Waals surface area contributed by atoms with Crippen molar-refractivity contribution in [2.24, 2.45) is 0 Å². The Morgan fingerprint density at radius 1 is 1.33 bits per heavy atom. The van der Waals surface area contributed by atoms with Crippen LogP contribution in [0.1, 0.15) is 31.9 Å². The SMILES string of the molecule is CC(C)(C)OC(=O)Nc1ccc(Br)c2c1CNC2. The number of fused-ring (bicyclic) bond motifs is 1. The fourth-order valence-electron chi connectivity index (χ4n) is 1.90. The number of anilines is 1. The van der Waals surface area contributed by atoms with Crippen LogP contribution in [0.5, 0.6) is 0 Å². The number of rotatable bonds is 1. The molecule has 0 bridgehead atoms. The summed E-state index contributed by atoms with van der Waals surface area (Å²) in [7, 11) is 0. The van der Waals surface area contributed by atoms with Crippen LogP contribution in [0.3, 0.4) is 0 Å². The quantitative estimate of drug-likeness (QED) is 0.835. The summed E-state index contributed by atoms with van der Waals surface area (Å²) in [6.07, 6.45) is -0.418. The molecule has 1 aromatic rings. The fourth-order valence-corrected chi connectivity index (χ4v) is 2.41. The Morgan fingerprint density at radius 2 is 2.00 bits per heavy atom. The highest BCUT2D eigenvalue weighted by molar-refractivity contribution is 9.10. The predicted octanol–water partition coefficient (Wildman–Crippen LogP) is 3.40. The number of nitrogens with one attached hydrogen (secondary N) is 2. The lowest BCUT2D eigenvalue weighted by Crippen LogP contribution is -2.27. The van der Waals surface area contributed by atoms with E-state index in [0.29, 0.717) is 0 Å². The average molecular weight is 313 g/mol. The maximum Gasteiger partial charge on any atom is 0.412 e. The molecule has 1 heterocycles. The van der Waals surface area contributed by atoms with E-state index in [1.165, 1.54) is 5.56 Å². The Kier molecular flexibility index (Phi) is 3.64. The summed E-state index contributed by atoms with van der Waals surface area (Å²) < 4.78 is 6.32. The second-order valence-electron chi connectivity index (χ2n) is 5.28. The van der Waals surface area contributed by atoms with Gasteiger partial charge in [-0.3, -0.25) is 5.32 Å². The molecule has 0 aliphatic carbocycles. The van der Waals surface area contributed by atoms with Gasteiger partial charge in [0.15, 0.2) is 0 Å². The molecule has 2 rings (SSSR count). The Labute approximate surface area is 115 Å². The molecule has 0 unspecified atom stereocenters. The van der Waals surface area contributed by atoms with E-state index in [9.17, 15) is 4.79 Å². The van der Waals surface area contributed by atoms with Crippen LogP contribution in [0, 0.1) is 0 Å². The number of carbonyl (C=O) groups is 1. The van der Waals surface area contributed by atoms with E-state index in [2.05, 4.69) is 26.6 Å². The highest BCUT2D eigenvalue weighted by Crippen LogP contribution is 2.31. The minimum absolute atomic E-state index is 0.418. The zero-order valence-corrected chi connectivity index (χ0v) is 12.3. The van der Waals surface area contributed by atoms with Gasteiger partial charge in [0, 0.05) is 23.2 Å². The van der Waals surface area contributed by atoms with Gasteiger partial charge in [-0.05, 0) is 44.0 Å². The maximum absolute atomic E-state index is 11.7. The first-order valence-corrected chi connectivity index (χ1v) is 6.67. The molecule has 1 aliphatic rings. The molecule has 0 saturated carbocycles. The monoisotopic (exact) mass is 312 g/mol. The summed E-state index contributed by atoms with van der Waals surface area (Å²) >= 11 is 3.51. The standard InChI is InChI=1S/C13H17BrN2O2/c1-13(2,3)18-12(17)16-11-5-4-10(14)8-6-15-7-9(8)11/h4-5,15H,6-7H2,1-3H3,(H,16,17). The van der Waals surface area contributed by atoms with Crippen molar-refractivity contribution in [3.05, 3.63) is 27.7 Å². The molecular formula is C13H17BrN2O2. The number of carbonyl (C=O) groups excluding carboxylic acids is 1. The van der Waals surface area contributed by atoms with Crippen LogP contribution in [-0.4, -0.2) is 11.7 Å². The van der Waals surface area contributed by atoms with Crippen molar-refractivity contribution in [2.75, 3.05) is 5.32 Å². The lowest BCUT2D eigenvalue weighted by atomic mass is 10.1. The van der Waals surface area contributed by atoms with E-state index in [1.54, 1.807) is 0 Å². The number of halogens is 1. The van der Waals surface area contributed by atoms with Gasteiger partial charge < -0.3 is 10.1 Å². The second-order valence-corrected chi connectivity index (χ2v) is 6.14. The third kappa shape index (κ3) is 3.03. The summed E-state index contributed by atoms with van der Waals surface area (Å²) in [4.78, 5) is 11.7. The Bertz CT molecular complexity index is 481. The maximum atomic E-state index is 11.7. The van der Waals surface area contributed by atoms with Gasteiger partial charge in [-0.15, -0.1) is 0 Å². The highest BCUT2D eigenvalue weighted by atomic mass is 79.9. The molecule has 5 heteroatoms. The zero-order chi connectivity index (χ0) is 13.3. The molecule has 0 saturated heterocycles. The summed E-state index contributed by atoms with van der Waals surface area (Å²) in [5.74, 6) is 0. The van der Waals surface area contributed by atoms with Crippen LogP contribution < -0.4 is 10.6 Å². The van der Waals surface area contributed by atoms with E-state index in [1.807, 2.05) is 32.9 Å². The van der Waals surface area contributed by atoms with Gasteiger partial charge in [0.05, 0.1) is 0 Å².